The van der Waals surface area contributed by atoms with Crippen LogP contribution >= 0.6 is 24.8 Å². The summed E-state index contributed by atoms with van der Waals surface area (Å²) in [5.74, 6) is 0.854. The largest absolute Gasteiger partial charge is 0.314 e. The Morgan fingerprint density at radius 1 is 0.917 bits per heavy atom. The van der Waals surface area contributed by atoms with Crippen molar-refractivity contribution in [2.75, 3.05) is 26.2 Å². The van der Waals surface area contributed by atoms with Crippen molar-refractivity contribution in [2.24, 2.45) is 5.92 Å². The number of rotatable bonds is 3. The van der Waals surface area contributed by atoms with Crippen molar-refractivity contribution in [3.63, 3.8) is 0 Å². The number of hydrogen-bond acceptors (Lipinski definition) is 2. The van der Waals surface area contributed by atoms with Crippen LogP contribution in [0.5, 0.6) is 0 Å². The van der Waals surface area contributed by atoms with E-state index < -0.39 is 0 Å². The van der Waals surface area contributed by atoms with Gasteiger partial charge in [-0.05, 0) is 56.2 Å². The molecule has 1 aromatic rings. The molecule has 2 fully saturated rings. The zero-order valence-corrected chi connectivity index (χ0v) is 17.1. The van der Waals surface area contributed by atoms with Crippen LogP contribution in [0.1, 0.15) is 60.4 Å². The van der Waals surface area contributed by atoms with Gasteiger partial charge in [0.05, 0.1) is 0 Å². The minimum Gasteiger partial charge on any atom is -0.314 e. The van der Waals surface area contributed by atoms with Gasteiger partial charge in [-0.25, -0.2) is 0 Å². The molecule has 138 valence electrons. The molecule has 24 heavy (non-hydrogen) atoms. The molecule has 1 saturated heterocycles. The lowest BCUT2D eigenvalue weighted by Crippen LogP contribution is -2.47. The summed E-state index contributed by atoms with van der Waals surface area (Å²) >= 11 is 0. The molecule has 1 atom stereocenters. The van der Waals surface area contributed by atoms with Crippen molar-refractivity contribution in [1.82, 2.24) is 10.2 Å². The molecule has 1 aliphatic heterocycles. The maximum atomic E-state index is 3.52. The standard InChI is InChI=1S/C20H32N2.2ClH/c1-15-13-16(2)19(17(3)14-15)20(18-7-5-4-6-8-18)22-11-9-21-10-12-22;;/h13-14,18,20-21H,4-12H2,1-3H3;2*1H/t20-;;/m0../s1. The number of benzene rings is 1. The van der Waals surface area contributed by atoms with Crippen LogP contribution in [0, 0.1) is 26.7 Å². The Morgan fingerprint density at radius 3 is 2.00 bits per heavy atom. The third kappa shape index (κ3) is 4.88. The fourth-order valence-corrected chi connectivity index (χ4v) is 4.78. The van der Waals surface area contributed by atoms with Crippen LogP contribution in [0.15, 0.2) is 12.1 Å². The Bertz CT molecular complexity index is 465. The lowest BCUT2D eigenvalue weighted by atomic mass is 9.77. The quantitative estimate of drug-likeness (QED) is 0.804. The zero-order valence-electron chi connectivity index (χ0n) is 15.4. The van der Waals surface area contributed by atoms with Gasteiger partial charge in [-0.2, -0.15) is 0 Å². The number of aryl methyl sites for hydroxylation is 3. The Hall–Kier alpha value is -0.280. The van der Waals surface area contributed by atoms with E-state index in [2.05, 4.69) is 43.1 Å². The van der Waals surface area contributed by atoms with Crippen molar-refractivity contribution in [1.29, 1.82) is 0 Å². The first-order valence-electron chi connectivity index (χ1n) is 9.19. The summed E-state index contributed by atoms with van der Waals surface area (Å²) in [6.07, 6.45) is 7.13. The summed E-state index contributed by atoms with van der Waals surface area (Å²) < 4.78 is 0. The second-order valence-electron chi connectivity index (χ2n) is 7.44. The number of nitrogens with one attached hydrogen (secondary N) is 1. The van der Waals surface area contributed by atoms with Gasteiger partial charge in [-0.3, -0.25) is 4.90 Å². The minimum atomic E-state index is 0. The van der Waals surface area contributed by atoms with Crippen LogP contribution in [0.25, 0.3) is 0 Å². The van der Waals surface area contributed by atoms with E-state index in [-0.39, 0.29) is 24.8 Å². The highest BCUT2D eigenvalue weighted by Crippen LogP contribution is 2.41. The highest BCUT2D eigenvalue weighted by molar-refractivity contribution is 5.85. The molecule has 0 bridgehead atoms. The molecule has 2 aliphatic rings. The van der Waals surface area contributed by atoms with Crippen molar-refractivity contribution < 1.29 is 0 Å². The Labute approximate surface area is 160 Å². The second kappa shape index (κ2) is 10.0. The van der Waals surface area contributed by atoms with Gasteiger partial charge < -0.3 is 5.32 Å². The van der Waals surface area contributed by atoms with E-state index in [0.29, 0.717) is 6.04 Å². The molecule has 0 amide bonds. The number of hydrogen-bond donors (Lipinski definition) is 1. The fraction of sp³-hybridized carbons (Fsp3) is 0.700. The van der Waals surface area contributed by atoms with Crippen LogP contribution < -0.4 is 5.32 Å². The van der Waals surface area contributed by atoms with Crippen molar-refractivity contribution in [2.45, 2.75) is 58.9 Å². The van der Waals surface area contributed by atoms with Gasteiger partial charge in [0.2, 0.25) is 0 Å². The van der Waals surface area contributed by atoms with Crippen LogP contribution in [0.3, 0.4) is 0 Å². The van der Waals surface area contributed by atoms with Crippen molar-refractivity contribution >= 4 is 24.8 Å². The molecule has 1 aromatic carbocycles. The van der Waals surface area contributed by atoms with Crippen LogP contribution in [-0.2, 0) is 0 Å². The Morgan fingerprint density at radius 2 is 1.46 bits per heavy atom. The van der Waals surface area contributed by atoms with E-state index in [0.717, 1.165) is 19.0 Å². The summed E-state index contributed by atoms with van der Waals surface area (Å²) in [6.45, 7) is 11.6. The summed E-state index contributed by atoms with van der Waals surface area (Å²) in [4.78, 5) is 2.77. The van der Waals surface area contributed by atoms with Crippen LogP contribution in [0.2, 0.25) is 0 Å². The first-order valence-corrected chi connectivity index (χ1v) is 9.19. The number of piperazine rings is 1. The van der Waals surface area contributed by atoms with Gasteiger partial charge in [0, 0.05) is 32.2 Å². The first kappa shape index (κ1) is 21.8. The lowest BCUT2D eigenvalue weighted by Gasteiger charge is -2.42. The predicted molar refractivity (Wildman–Crippen MR) is 109 cm³/mol. The normalized spacial score (nSPS) is 20.8. The van der Waals surface area contributed by atoms with Gasteiger partial charge in [-0.15, -0.1) is 24.8 Å². The average molecular weight is 373 g/mol. The van der Waals surface area contributed by atoms with E-state index in [1.165, 1.54) is 61.9 Å². The third-order valence-corrected chi connectivity index (χ3v) is 5.68. The van der Waals surface area contributed by atoms with Gasteiger partial charge in [0.25, 0.3) is 0 Å². The molecule has 1 aliphatic carbocycles. The minimum absolute atomic E-state index is 0. The van der Waals surface area contributed by atoms with Crippen molar-refractivity contribution in [3.05, 3.63) is 34.4 Å². The zero-order chi connectivity index (χ0) is 15.5. The van der Waals surface area contributed by atoms with Crippen molar-refractivity contribution in [3.8, 4) is 0 Å². The summed E-state index contributed by atoms with van der Waals surface area (Å²) in [5, 5.41) is 3.52. The monoisotopic (exact) mass is 372 g/mol. The Balaban J connectivity index is 0.00000144. The van der Waals surface area contributed by atoms with E-state index >= 15 is 0 Å². The van der Waals surface area contributed by atoms with Gasteiger partial charge >= 0.3 is 0 Å². The molecule has 3 rings (SSSR count). The second-order valence-corrected chi connectivity index (χ2v) is 7.44. The van der Waals surface area contributed by atoms with E-state index in [1.54, 1.807) is 5.56 Å². The van der Waals surface area contributed by atoms with E-state index in [9.17, 15) is 0 Å². The molecule has 0 aromatic heterocycles. The SMILES string of the molecule is Cc1cc(C)c([C@H](C2CCCCC2)N2CCNCC2)c(C)c1.Cl.Cl. The van der Waals surface area contributed by atoms with E-state index in [4.69, 9.17) is 0 Å². The highest BCUT2D eigenvalue weighted by Gasteiger charge is 2.32. The molecule has 0 unspecified atom stereocenters. The molecule has 2 nitrogen and oxygen atoms in total. The molecule has 4 heteroatoms. The van der Waals surface area contributed by atoms with Crippen LogP contribution in [0.4, 0.5) is 0 Å². The molecule has 0 radical (unpaired) electrons. The van der Waals surface area contributed by atoms with Gasteiger partial charge in [0.1, 0.15) is 0 Å². The first-order chi connectivity index (χ1) is 10.7. The molecule has 1 saturated carbocycles. The summed E-state index contributed by atoms with van der Waals surface area (Å²) in [5.41, 5.74) is 6.05. The summed E-state index contributed by atoms with van der Waals surface area (Å²) in [6, 6.07) is 5.42. The maximum absolute atomic E-state index is 3.52. The van der Waals surface area contributed by atoms with Gasteiger partial charge in [-0.1, -0.05) is 37.0 Å². The summed E-state index contributed by atoms with van der Waals surface area (Å²) in [7, 11) is 0. The molecule has 0 spiro atoms. The van der Waals surface area contributed by atoms with E-state index in [1.807, 2.05) is 0 Å². The molecular weight excluding hydrogens is 339 g/mol. The topological polar surface area (TPSA) is 15.3 Å². The van der Waals surface area contributed by atoms with Gasteiger partial charge in [0.15, 0.2) is 0 Å². The Kier molecular flexibility index (Phi) is 9.08. The molecule has 1 heterocycles. The molecule has 1 N–H and O–H groups in total. The van der Waals surface area contributed by atoms with Crippen LogP contribution in [-0.4, -0.2) is 31.1 Å². The lowest BCUT2D eigenvalue weighted by molar-refractivity contribution is 0.102. The fourth-order valence-electron chi connectivity index (χ4n) is 4.78. The maximum Gasteiger partial charge on any atom is 0.0382 e. The smallest absolute Gasteiger partial charge is 0.0382 e. The average Bonchev–Trinajstić information content (AvgIpc) is 2.52. The third-order valence-electron chi connectivity index (χ3n) is 5.68. The number of nitrogens with zero attached hydrogens (tertiary/aromatic N) is 1. The molecular formula is C20H34Cl2N2. The predicted octanol–water partition coefficient (Wildman–Crippen LogP) is 4.98. The number of halogens is 2. The highest BCUT2D eigenvalue weighted by atomic mass is 35.5.